The number of allylic oxidation sites excluding steroid dienone is 2. The maximum atomic E-state index is 6.67. The highest BCUT2D eigenvalue weighted by Crippen LogP contribution is 2.44. The molecule has 1 aliphatic heterocycles. The average molecular weight is 406 g/mol. The summed E-state index contributed by atoms with van der Waals surface area (Å²) >= 11 is 12.6. The third-order valence-electron chi connectivity index (χ3n) is 4.94. The van der Waals surface area contributed by atoms with E-state index in [1.807, 2.05) is 36.4 Å². The lowest BCUT2D eigenvalue weighted by molar-refractivity contribution is -0.0175. The largest absolute Gasteiger partial charge is 0.486 e. The summed E-state index contributed by atoms with van der Waals surface area (Å²) in [5.74, 6) is 1.18. The van der Waals surface area contributed by atoms with Crippen LogP contribution >= 0.6 is 23.2 Å². The minimum Gasteiger partial charge on any atom is -0.486 e. The van der Waals surface area contributed by atoms with Gasteiger partial charge in [-0.1, -0.05) is 42.3 Å². The molecule has 0 N–H and O–H groups in total. The van der Waals surface area contributed by atoms with Crippen molar-refractivity contribution in [2.75, 3.05) is 6.61 Å². The molecule has 3 unspecified atom stereocenters. The first-order valence-electron chi connectivity index (χ1n) is 9.01. The van der Waals surface area contributed by atoms with E-state index in [4.69, 9.17) is 32.7 Å². The molecule has 0 amide bonds. The van der Waals surface area contributed by atoms with Crippen molar-refractivity contribution in [3.63, 3.8) is 0 Å². The second-order valence-corrected chi connectivity index (χ2v) is 8.03. The van der Waals surface area contributed by atoms with Crippen molar-refractivity contribution < 1.29 is 9.47 Å². The van der Waals surface area contributed by atoms with E-state index in [2.05, 4.69) is 17.0 Å². The summed E-state index contributed by atoms with van der Waals surface area (Å²) in [5.41, 5.74) is 0.447. The Labute approximate surface area is 168 Å². The van der Waals surface area contributed by atoms with Gasteiger partial charge in [0.15, 0.2) is 0 Å². The number of benzene rings is 1. The molecule has 27 heavy (non-hydrogen) atoms. The number of ether oxygens (including phenoxy) is 2. The van der Waals surface area contributed by atoms with Gasteiger partial charge < -0.3 is 9.47 Å². The van der Waals surface area contributed by atoms with E-state index in [0.29, 0.717) is 24.1 Å². The molecule has 1 fully saturated rings. The Morgan fingerprint density at radius 2 is 2.26 bits per heavy atom. The van der Waals surface area contributed by atoms with Crippen molar-refractivity contribution >= 4 is 23.2 Å². The highest BCUT2D eigenvalue weighted by molar-refractivity contribution is 6.31. The summed E-state index contributed by atoms with van der Waals surface area (Å²) in [6.45, 7) is 3.46. The van der Waals surface area contributed by atoms with Crippen LogP contribution in [0.2, 0.25) is 5.02 Å². The zero-order chi connectivity index (χ0) is 18.9. The second kappa shape index (κ2) is 7.66. The molecule has 0 radical (unpaired) electrons. The van der Waals surface area contributed by atoms with Crippen molar-refractivity contribution in [3.8, 4) is 5.75 Å². The van der Waals surface area contributed by atoms with Crippen molar-refractivity contribution in [2.24, 2.45) is 5.92 Å². The minimum absolute atomic E-state index is 0.0405. The van der Waals surface area contributed by atoms with Crippen LogP contribution in [-0.2, 0) is 16.9 Å². The SMILES string of the molecule is CC1COC(Cn2cncn2)(c2ccc(OC3C=CC(Cl)=CC3)cc2Cl)C1. The van der Waals surface area contributed by atoms with Gasteiger partial charge in [-0.25, -0.2) is 9.67 Å². The predicted octanol–water partition coefficient (Wildman–Crippen LogP) is 4.71. The Bertz CT molecular complexity index is 866. The molecule has 1 saturated heterocycles. The van der Waals surface area contributed by atoms with Gasteiger partial charge in [-0.3, -0.25) is 0 Å². The molecule has 0 bridgehead atoms. The van der Waals surface area contributed by atoms with Crippen LogP contribution in [0.25, 0.3) is 0 Å². The Morgan fingerprint density at radius 3 is 2.89 bits per heavy atom. The molecule has 3 atom stereocenters. The molecular formula is C20H21Cl2N3O2. The summed E-state index contributed by atoms with van der Waals surface area (Å²) in [6, 6.07) is 5.81. The zero-order valence-electron chi connectivity index (χ0n) is 15.0. The molecule has 1 aromatic heterocycles. The second-order valence-electron chi connectivity index (χ2n) is 7.19. The number of hydrogen-bond acceptors (Lipinski definition) is 4. The molecular weight excluding hydrogens is 385 g/mol. The van der Waals surface area contributed by atoms with E-state index in [-0.39, 0.29) is 6.10 Å². The predicted molar refractivity (Wildman–Crippen MR) is 105 cm³/mol. The lowest BCUT2D eigenvalue weighted by atomic mass is 9.87. The van der Waals surface area contributed by atoms with E-state index in [1.165, 1.54) is 6.33 Å². The lowest BCUT2D eigenvalue weighted by Crippen LogP contribution is -2.31. The van der Waals surface area contributed by atoms with E-state index in [0.717, 1.165) is 29.2 Å². The van der Waals surface area contributed by atoms with Gasteiger partial charge in [-0.15, -0.1) is 0 Å². The molecule has 1 aromatic carbocycles. The van der Waals surface area contributed by atoms with Gasteiger partial charge in [0.05, 0.1) is 18.2 Å². The molecule has 4 rings (SSSR count). The number of nitrogens with zero attached hydrogens (tertiary/aromatic N) is 3. The summed E-state index contributed by atoms with van der Waals surface area (Å²) in [7, 11) is 0. The third-order valence-corrected chi connectivity index (χ3v) is 5.53. The Morgan fingerprint density at radius 1 is 1.37 bits per heavy atom. The van der Waals surface area contributed by atoms with Gasteiger partial charge in [-0.2, -0.15) is 5.10 Å². The van der Waals surface area contributed by atoms with Crippen LogP contribution in [0, 0.1) is 5.92 Å². The van der Waals surface area contributed by atoms with Crippen LogP contribution in [0.5, 0.6) is 5.75 Å². The number of halogens is 2. The molecule has 7 heteroatoms. The van der Waals surface area contributed by atoms with Gasteiger partial charge in [0.1, 0.15) is 30.1 Å². The van der Waals surface area contributed by atoms with Crippen LogP contribution in [0.1, 0.15) is 25.3 Å². The van der Waals surface area contributed by atoms with Crippen molar-refractivity contribution in [1.82, 2.24) is 14.8 Å². The zero-order valence-corrected chi connectivity index (χ0v) is 16.5. The van der Waals surface area contributed by atoms with Crippen LogP contribution in [-0.4, -0.2) is 27.5 Å². The fraction of sp³-hybridized carbons (Fsp3) is 0.400. The van der Waals surface area contributed by atoms with Crippen LogP contribution < -0.4 is 4.74 Å². The summed E-state index contributed by atoms with van der Waals surface area (Å²) in [6.07, 6.45) is 10.6. The molecule has 142 valence electrons. The van der Waals surface area contributed by atoms with E-state index in [1.54, 1.807) is 11.0 Å². The van der Waals surface area contributed by atoms with Gasteiger partial charge >= 0.3 is 0 Å². The highest BCUT2D eigenvalue weighted by atomic mass is 35.5. The fourth-order valence-corrected chi connectivity index (χ4v) is 4.22. The van der Waals surface area contributed by atoms with Crippen molar-refractivity contribution in [2.45, 2.75) is 38.0 Å². The number of hydrogen-bond donors (Lipinski definition) is 0. The summed E-state index contributed by atoms with van der Waals surface area (Å²) in [4.78, 5) is 4.04. The lowest BCUT2D eigenvalue weighted by Gasteiger charge is -2.30. The standard InChI is InChI=1S/C20H21Cl2N3O2/c1-14-9-20(26-10-14,11-25-13-23-12-24-25)18-7-6-17(8-19(18)22)27-16-4-2-15(21)3-5-16/h2-4,6-8,12-14,16H,5,9-11H2,1H3. The van der Waals surface area contributed by atoms with E-state index >= 15 is 0 Å². The Balaban J connectivity index is 1.57. The first-order valence-corrected chi connectivity index (χ1v) is 9.77. The van der Waals surface area contributed by atoms with E-state index in [9.17, 15) is 0 Å². The highest BCUT2D eigenvalue weighted by Gasteiger charge is 2.42. The van der Waals surface area contributed by atoms with Crippen LogP contribution in [0.3, 0.4) is 0 Å². The van der Waals surface area contributed by atoms with Crippen LogP contribution in [0.15, 0.2) is 54.1 Å². The maximum absolute atomic E-state index is 6.67. The molecule has 2 aliphatic rings. The Hall–Kier alpha value is -1.82. The first-order chi connectivity index (χ1) is 13.0. The van der Waals surface area contributed by atoms with Crippen molar-refractivity contribution in [3.05, 3.63) is 64.7 Å². The minimum atomic E-state index is -0.510. The third kappa shape index (κ3) is 4.05. The normalized spacial score (nSPS) is 27.6. The Kier molecular flexibility index (Phi) is 5.26. The number of aromatic nitrogens is 3. The quantitative estimate of drug-likeness (QED) is 0.722. The van der Waals surface area contributed by atoms with Gasteiger partial charge in [0.2, 0.25) is 0 Å². The molecule has 2 aromatic rings. The van der Waals surface area contributed by atoms with E-state index < -0.39 is 5.60 Å². The fourth-order valence-electron chi connectivity index (χ4n) is 3.72. The molecule has 5 nitrogen and oxygen atoms in total. The smallest absolute Gasteiger partial charge is 0.137 e. The molecule has 1 aliphatic carbocycles. The maximum Gasteiger partial charge on any atom is 0.137 e. The first kappa shape index (κ1) is 18.5. The van der Waals surface area contributed by atoms with Crippen molar-refractivity contribution in [1.29, 1.82) is 0 Å². The van der Waals surface area contributed by atoms with Gasteiger partial charge in [0.25, 0.3) is 0 Å². The van der Waals surface area contributed by atoms with Gasteiger partial charge in [-0.05, 0) is 36.6 Å². The molecule has 0 spiro atoms. The molecule has 0 saturated carbocycles. The summed E-state index contributed by atoms with van der Waals surface area (Å²) in [5, 5.41) is 5.62. The topological polar surface area (TPSA) is 49.2 Å². The van der Waals surface area contributed by atoms with Gasteiger partial charge in [0, 0.05) is 17.0 Å². The number of rotatable bonds is 5. The molecule has 2 heterocycles. The summed E-state index contributed by atoms with van der Waals surface area (Å²) < 4.78 is 14.1. The van der Waals surface area contributed by atoms with Crippen LogP contribution in [0.4, 0.5) is 0 Å². The monoisotopic (exact) mass is 405 g/mol. The average Bonchev–Trinajstić information content (AvgIpc) is 3.28.